The van der Waals surface area contributed by atoms with E-state index in [-0.39, 0.29) is 18.1 Å². The van der Waals surface area contributed by atoms with E-state index in [4.69, 9.17) is 10.00 Å². The number of benzene rings is 1. The molecule has 1 saturated heterocycles. The number of nitrogens with zero attached hydrogens (tertiary/aromatic N) is 2. The van der Waals surface area contributed by atoms with Crippen molar-refractivity contribution in [1.82, 2.24) is 4.31 Å². The first kappa shape index (κ1) is 15.3. The number of carboxylic acid groups (broad SMARTS) is 1. The summed E-state index contributed by atoms with van der Waals surface area (Å²) >= 11 is 0. The molecule has 2 unspecified atom stereocenters. The van der Waals surface area contributed by atoms with Gasteiger partial charge >= 0.3 is 6.09 Å². The van der Waals surface area contributed by atoms with E-state index in [9.17, 15) is 18.3 Å². The van der Waals surface area contributed by atoms with Crippen LogP contribution in [-0.2, 0) is 14.8 Å². The van der Waals surface area contributed by atoms with Crippen molar-refractivity contribution < 1.29 is 23.1 Å². The van der Waals surface area contributed by atoms with Crippen LogP contribution in [0.3, 0.4) is 0 Å². The first-order valence-corrected chi connectivity index (χ1v) is 7.63. The van der Waals surface area contributed by atoms with Gasteiger partial charge in [-0.15, -0.1) is 0 Å². The zero-order valence-corrected chi connectivity index (χ0v) is 12.1. The molecule has 0 saturated carbocycles. The summed E-state index contributed by atoms with van der Waals surface area (Å²) in [5, 5.41) is 18.3. The lowest BCUT2D eigenvalue weighted by Crippen LogP contribution is -2.47. The number of rotatable bonds is 3. The van der Waals surface area contributed by atoms with Gasteiger partial charge in [0.15, 0.2) is 0 Å². The van der Waals surface area contributed by atoms with Gasteiger partial charge in [-0.3, -0.25) is 0 Å². The number of hydrogen-bond acceptors (Lipinski definition) is 5. The van der Waals surface area contributed by atoms with E-state index >= 15 is 0 Å². The fourth-order valence-corrected chi connectivity index (χ4v) is 3.62. The number of nitriles is 1. The second-order valence-electron chi connectivity index (χ2n) is 4.74. The molecule has 1 N–H and O–H groups in total. The number of amides is 1. The van der Waals surface area contributed by atoms with Crippen molar-refractivity contribution in [3.63, 3.8) is 0 Å². The Hall–Kier alpha value is -2.11. The Balaban J connectivity index is 2.45. The molecule has 21 heavy (non-hydrogen) atoms. The van der Waals surface area contributed by atoms with Gasteiger partial charge in [0.05, 0.1) is 36.1 Å². The molecule has 0 bridgehead atoms. The van der Waals surface area contributed by atoms with Crippen LogP contribution >= 0.6 is 0 Å². The van der Waals surface area contributed by atoms with Crippen LogP contribution in [0.1, 0.15) is 5.56 Å². The summed E-state index contributed by atoms with van der Waals surface area (Å²) in [7, 11) is -4.24. The first-order chi connectivity index (χ1) is 9.87. The quantitative estimate of drug-likeness (QED) is 0.898. The van der Waals surface area contributed by atoms with Crippen LogP contribution in [0.25, 0.3) is 0 Å². The average Bonchev–Trinajstić information content (AvgIpc) is 2.86. The minimum Gasteiger partial charge on any atom is -0.464 e. The van der Waals surface area contributed by atoms with Crippen molar-refractivity contribution in [2.24, 2.45) is 5.92 Å². The highest BCUT2D eigenvalue weighted by Crippen LogP contribution is 2.26. The third-order valence-electron chi connectivity index (χ3n) is 3.28. The summed E-state index contributed by atoms with van der Waals surface area (Å²) in [5.74, 6) is -0.804. The van der Waals surface area contributed by atoms with E-state index in [0.29, 0.717) is 4.31 Å². The Labute approximate surface area is 122 Å². The van der Waals surface area contributed by atoms with E-state index in [1.807, 2.05) is 6.07 Å². The Morgan fingerprint density at radius 1 is 1.38 bits per heavy atom. The highest BCUT2D eigenvalue weighted by atomic mass is 32.2. The van der Waals surface area contributed by atoms with Gasteiger partial charge in [0.1, 0.15) is 0 Å². The highest BCUT2D eigenvalue weighted by Gasteiger charge is 2.43. The average molecular weight is 310 g/mol. The predicted molar refractivity (Wildman–Crippen MR) is 71.9 cm³/mol. The number of ether oxygens (including phenoxy) is 1. The zero-order valence-electron chi connectivity index (χ0n) is 11.3. The van der Waals surface area contributed by atoms with Gasteiger partial charge in [-0.2, -0.15) is 9.57 Å². The molecule has 2 atom stereocenters. The standard InChI is InChI=1S/C13H14N2O5S/c1-9-2-4-11(5-3-9)21(18,19)15(13(16)17)12-8-20-7-10(12)6-14/h2-5,10,12H,7-8H2,1H3,(H,16,17). The zero-order chi connectivity index (χ0) is 15.6. The number of carbonyl (C=O) groups is 1. The molecule has 1 aromatic carbocycles. The van der Waals surface area contributed by atoms with Gasteiger partial charge in [0, 0.05) is 0 Å². The van der Waals surface area contributed by atoms with Crippen LogP contribution in [0.15, 0.2) is 29.2 Å². The van der Waals surface area contributed by atoms with E-state index in [2.05, 4.69) is 0 Å². The minimum absolute atomic E-state index is 0.0222. The van der Waals surface area contributed by atoms with Crippen LogP contribution in [0.2, 0.25) is 0 Å². The summed E-state index contributed by atoms with van der Waals surface area (Å²) in [6.45, 7) is 1.70. The fourth-order valence-electron chi connectivity index (χ4n) is 2.14. The van der Waals surface area contributed by atoms with Gasteiger partial charge in [-0.1, -0.05) is 17.7 Å². The molecule has 1 aliphatic rings. The molecule has 1 aliphatic heterocycles. The molecular formula is C13H14N2O5S. The number of hydrogen-bond donors (Lipinski definition) is 1. The van der Waals surface area contributed by atoms with Crippen molar-refractivity contribution in [3.8, 4) is 6.07 Å². The van der Waals surface area contributed by atoms with E-state index < -0.39 is 28.1 Å². The molecule has 8 heteroatoms. The fraction of sp³-hybridized carbons (Fsp3) is 0.385. The molecule has 0 aromatic heterocycles. The van der Waals surface area contributed by atoms with Crippen molar-refractivity contribution in [3.05, 3.63) is 29.8 Å². The van der Waals surface area contributed by atoms with Gasteiger partial charge in [-0.25, -0.2) is 13.2 Å². The summed E-state index contributed by atoms with van der Waals surface area (Å²) in [6, 6.07) is 6.72. The van der Waals surface area contributed by atoms with Crippen LogP contribution in [0.5, 0.6) is 0 Å². The van der Waals surface area contributed by atoms with Crippen molar-refractivity contribution in [1.29, 1.82) is 5.26 Å². The number of aryl methyl sites for hydroxylation is 1. The maximum atomic E-state index is 12.5. The lowest BCUT2D eigenvalue weighted by molar-refractivity contribution is 0.146. The monoisotopic (exact) mass is 310 g/mol. The highest BCUT2D eigenvalue weighted by molar-refractivity contribution is 7.89. The molecule has 0 aliphatic carbocycles. The van der Waals surface area contributed by atoms with E-state index in [1.54, 1.807) is 19.1 Å². The van der Waals surface area contributed by atoms with E-state index in [0.717, 1.165) is 5.56 Å². The summed E-state index contributed by atoms with van der Waals surface area (Å²) in [5.41, 5.74) is 0.856. The van der Waals surface area contributed by atoms with Gasteiger partial charge < -0.3 is 9.84 Å². The molecule has 0 radical (unpaired) electrons. The Bertz CT molecular complexity index is 678. The van der Waals surface area contributed by atoms with Crippen LogP contribution in [0, 0.1) is 24.2 Å². The third kappa shape index (κ3) is 2.84. The Kier molecular flexibility index (Phi) is 4.16. The molecular weight excluding hydrogens is 296 g/mol. The van der Waals surface area contributed by atoms with Crippen molar-refractivity contribution in [2.45, 2.75) is 17.9 Å². The van der Waals surface area contributed by atoms with Gasteiger partial charge in [0.25, 0.3) is 10.0 Å². The summed E-state index contributed by atoms with van der Waals surface area (Å²) < 4.78 is 30.4. The molecule has 1 aromatic rings. The van der Waals surface area contributed by atoms with Crippen LogP contribution in [0.4, 0.5) is 4.79 Å². The lowest BCUT2D eigenvalue weighted by atomic mass is 10.1. The van der Waals surface area contributed by atoms with Crippen molar-refractivity contribution in [2.75, 3.05) is 13.2 Å². The molecule has 1 fully saturated rings. The largest absolute Gasteiger partial charge is 0.464 e. The van der Waals surface area contributed by atoms with Crippen LogP contribution in [-0.4, -0.2) is 43.2 Å². The Morgan fingerprint density at radius 3 is 2.52 bits per heavy atom. The molecule has 1 heterocycles. The molecule has 0 spiro atoms. The third-order valence-corrected chi connectivity index (χ3v) is 5.10. The van der Waals surface area contributed by atoms with E-state index in [1.165, 1.54) is 12.1 Å². The maximum absolute atomic E-state index is 12.5. The maximum Gasteiger partial charge on any atom is 0.421 e. The summed E-state index contributed by atoms with van der Waals surface area (Å²) in [6.07, 6.45) is -1.62. The topological polar surface area (TPSA) is 108 Å². The molecule has 1 amide bonds. The predicted octanol–water partition coefficient (Wildman–Crippen LogP) is 1.20. The second-order valence-corrected chi connectivity index (χ2v) is 6.55. The van der Waals surface area contributed by atoms with Gasteiger partial charge in [-0.05, 0) is 19.1 Å². The first-order valence-electron chi connectivity index (χ1n) is 6.19. The van der Waals surface area contributed by atoms with Crippen molar-refractivity contribution >= 4 is 16.1 Å². The van der Waals surface area contributed by atoms with Gasteiger partial charge in [0.2, 0.25) is 0 Å². The normalized spacial score (nSPS) is 21.7. The molecule has 112 valence electrons. The SMILES string of the molecule is Cc1ccc(S(=O)(=O)N(C(=O)O)C2COCC2C#N)cc1. The number of sulfonamides is 1. The molecule has 7 nitrogen and oxygen atoms in total. The smallest absolute Gasteiger partial charge is 0.421 e. The minimum atomic E-state index is -4.24. The Morgan fingerprint density at radius 2 is 2.00 bits per heavy atom. The second kappa shape index (κ2) is 5.71. The van der Waals surface area contributed by atoms with Crippen LogP contribution < -0.4 is 0 Å². The lowest BCUT2D eigenvalue weighted by Gasteiger charge is -2.26. The molecule has 2 rings (SSSR count). The summed E-state index contributed by atoms with van der Waals surface area (Å²) in [4.78, 5) is 11.3.